The average Bonchev–Trinajstić information content (AvgIpc) is 2.55. The molecule has 0 atom stereocenters. The molecule has 122 valence electrons. The van der Waals surface area contributed by atoms with Crippen molar-refractivity contribution in [2.75, 3.05) is 20.3 Å². The van der Waals surface area contributed by atoms with Crippen LogP contribution in [-0.2, 0) is 0 Å². The number of hydrogen-bond acceptors (Lipinski definition) is 4. The first-order valence-electron chi connectivity index (χ1n) is 7.26. The lowest BCUT2D eigenvalue weighted by Gasteiger charge is -2.13. The normalized spacial score (nSPS) is 10.2. The third-order valence-corrected chi connectivity index (χ3v) is 3.56. The molecule has 0 spiro atoms. The standard InChI is InChI=1S/C18H20O5/c1-12-5-4-6-15(13(12)2)22-9-10-23-16-8-7-14(18(19)20)11-17(16)21-3/h4-8,11H,9-10H2,1-3H3,(H,19,20). The number of ether oxygens (including phenoxy) is 3. The number of rotatable bonds is 7. The topological polar surface area (TPSA) is 65.0 Å². The first kappa shape index (κ1) is 16.7. The van der Waals surface area contributed by atoms with Crippen molar-refractivity contribution in [3.05, 3.63) is 53.1 Å². The average molecular weight is 316 g/mol. The van der Waals surface area contributed by atoms with Gasteiger partial charge in [-0.05, 0) is 49.2 Å². The predicted molar refractivity (Wildman–Crippen MR) is 86.9 cm³/mol. The van der Waals surface area contributed by atoms with E-state index in [4.69, 9.17) is 19.3 Å². The van der Waals surface area contributed by atoms with Gasteiger partial charge < -0.3 is 19.3 Å². The number of methoxy groups -OCH3 is 1. The molecule has 5 heteroatoms. The van der Waals surface area contributed by atoms with E-state index in [0.29, 0.717) is 24.7 Å². The Hall–Kier alpha value is -2.69. The smallest absolute Gasteiger partial charge is 0.335 e. The maximum absolute atomic E-state index is 10.9. The Bertz CT molecular complexity index is 694. The summed E-state index contributed by atoms with van der Waals surface area (Å²) in [6.45, 7) is 4.76. The van der Waals surface area contributed by atoms with Gasteiger partial charge in [0.1, 0.15) is 19.0 Å². The Kier molecular flexibility index (Phi) is 5.46. The van der Waals surface area contributed by atoms with E-state index in [1.54, 1.807) is 6.07 Å². The first-order chi connectivity index (χ1) is 11.0. The van der Waals surface area contributed by atoms with Gasteiger partial charge in [0.25, 0.3) is 0 Å². The highest BCUT2D eigenvalue weighted by atomic mass is 16.5. The lowest BCUT2D eigenvalue weighted by molar-refractivity contribution is 0.0696. The Balaban J connectivity index is 1.94. The minimum Gasteiger partial charge on any atom is -0.493 e. The summed E-state index contributed by atoms with van der Waals surface area (Å²) in [7, 11) is 1.47. The maximum atomic E-state index is 10.9. The molecule has 0 radical (unpaired) electrons. The second-order valence-electron chi connectivity index (χ2n) is 5.07. The van der Waals surface area contributed by atoms with Crippen LogP contribution in [0.4, 0.5) is 0 Å². The molecule has 0 bridgehead atoms. The summed E-state index contributed by atoms with van der Waals surface area (Å²) < 4.78 is 16.5. The number of carboxylic acid groups (broad SMARTS) is 1. The highest BCUT2D eigenvalue weighted by Crippen LogP contribution is 2.28. The van der Waals surface area contributed by atoms with Gasteiger partial charge in [-0.2, -0.15) is 0 Å². The summed E-state index contributed by atoms with van der Waals surface area (Å²) in [6.07, 6.45) is 0. The lowest BCUT2D eigenvalue weighted by Crippen LogP contribution is -2.10. The van der Waals surface area contributed by atoms with Crippen LogP contribution >= 0.6 is 0 Å². The Labute approximate surface area is 135 Å². The van der Waals surface area contributed by atoms with E-state index >= 15 is 0 Å². The minimum atomic E-state index is -1.01. The molecule has 0 aromatic heterocycles. The summed E-state index contributed by atoms with van der Waals surface area (Å²) in [5.41, 5.74) is 2.44. The molecule has 0 heterocycles. The Morgan fingerprint density at radius 1 is 1.00 bits per heavy atom. The molecule has 0 unspecified atom stereocenters. The van der Waals surface area contributed by atoms with Crippen molar-refractivity contribution in [2.24, 2.45) is 0 Å². The molecule has 2 rings (SSSR count). The zero-order chi connectivity index (χ0) is 16.8. The fraction of sp³-hybridized carbons (Fsp3) is 0.278. The highest BCUT2D eigenvalue weighted by molar-refractivity contribution is 5.88. The van der Waals surface area contributed by atoms with Crippen LogP contribution in [0.25, 0.3) is 0 Å². The monoisotopic (exact) mass is 316 g/mol. The van der Waals surface area contributed by atoms with E-state index in [9.17, 15) is 4.79 Å². The number of carbonyl (C=O) groups is 1. The second-order valence-corrected chi connectivity index (χ2v) is 5.07. The summed E-state index contributed by atoms with van der Waals surface area (Å²) in [5.74, 6) is 0.702. The Morgan fingerprint density at radius 3 is 2.35 bits per heavy atom. The molecule has 0 saturated heterocycles. The van der Waals surface area contributed by atoms with Crippen LogP contribution in [0.5, 0.6) is 17.2 Å². The van der Waals surface area contributed by atoms with E-state index in [-0.39, 0.29) is 5.56 Å². The lowest BCUT2D eigenvalue weighted by atomic mass is 10.1. The SMILES string of the molecule is COc1cc(C(=O)O)ccc1OCCOc1cccc(C)c1C. The largest absolute Gasteiger partial charge is 0.493 e. The second kappa shape index (κ2) is 7.54. The van der Waals surface area contributed by atoms with Gasteiger partial charge in [-0.25, -0.2) is 4.79 Å². The number of aromatic carboxylic acids is 1. The fourth-order valence-corrected chi connectivity index (χ4v) is 2.10. The van der Waals surface area contributed by atoms with Crippen LogP contribution in [0.1, 0.15) is 21.5 Å². The molecule has 0 aliphatic carbocycles. The molecule has 0 saturated carbocycles. The van der Waals surface area contributed by atoms with Crippen molar-refractivity contribution in [1.29, 1.82) is 0 Å². The fourth-order valence-electron chi connectivity index (χ4n) is 2.10. The molecule has 0 aliphatic rings. The Morgan fingerprint density at radius 2 is 1.70 bits per heavy atom. The molecule has 0 aliphatic heterocycles. The molecule has 2 aromatic carbocycles. The van der Waals surface area contributed by atoms with Gasteiger partial charge in [0.05, 0.1) is 12.7 Å². The van der Waals surface area contributed by atoms with Crippen molar-refractivity contribution in [3.63, 3.8) is 0 Å². The van der Waals surface area contributed by atoms with E-state index < -0.39 is 5.97 Å². The summed E-state index contributed by atoms with van der Waals surface area (Å²) in [4.78, 5) is 10.9. The van der Waals surface area contributed by atoms with Gasteiger partial charge in [-0.1, -0.05) is 12.1 Å². The van der Waals surface area contributed by atoms with Gasteiger partial charge in [0.15, 0.2) is 11.5 Å². The van der Waals surface area contributed by atoms with Gasteiger partial charge in [0.2, 0.25) is 0 Å². The van der Waals surface area contributed by atoms with Crippen LogP contribution in [0.15, 0.2) is 36.4 Å². The van der Waals surface area contributed by atoms with Gasteiger partial charge >= 0.3 is 5.97 Å². The van der Waals surface area contributed by atoms with Crippen molar-refractivity contribution >= 4 is 5.97 Å². The molecular weight excluding hydrogens is 296 g/mol. The van der Waals surface area contributed by atoms with Crippen LogP contribution in [0.2, 0.25) is 0 Å². The van der Waals surface area contributed by atoms with Crippen molar-refractivity contribution in [2.45, 2.75) is 13.8 Å². The molecule has 0 fully saturated rings. The third-order valence-electron chi connectivity index (χ3n) is 3.56. The maximum Gasteiger partial charge on any atom is 0.335 e. The summed E-state index contributed by atoms with van der Waals surface area (Å²) >= 11 is 0. The van der Waals surface area contributed by atoms with Crippen LogP contribution in [0.3, 0.4) is 0 Å². The molecule has 1 N–H and O–H groups in total. The summed E-state index contributed by atoms with van der Waals surface area (Å²) in [6, 6.07) is 10.4. The third kappa shape index (κ3) is 4.16. The molecule has 5 nitrogen and oxygen atoms in total. The molecule has 0 amide bonds. The van der Waals surface area contributed by atoms with Gasteiger partial charge in [-0.15, -0.1) is 0 Å². The van der Waals surface area contributed by atoms with Crippen molar-refractivity contribution in [3.8, 4) is 17.2 Å². The summed E-state index contributed by atoms with van der Waals surface area (Å²) in [5, 5.41) is 8.97. The van der Waals surface area contributed by atoms with Crippen LogP contribution in [0, 0.1) is 13.8 Å². The van der Waals surface area contributed by atoms with E-state index in [0.717, 1.165) is 11.3 Å². The van der Waals surface area contributed by atoms with Gasteiger partial charge in [0, 0.05) is 0 Å². The molecule has 23 heavy (non-hydrogen) atoms. The van der Waals surface area contributed by atoms with E-state index in [2.05, 4.69) is 0 Å². The highest BCUT2D eigenvalue weighted by Gasteiger charge is 2.10. The zero-order valence-corrected chi connectivity index (χ0v) is 13.5. The van der Waals surface area contributed by atoms with Crippen LogP contribution in [-0.4, -0.2) is 31.4 Å². The van der Waals surface area contributed by atoms with Crippen molar-refractivity contribution < 1.29 is 24.1 Å². The quantitative estimate of drug-likeness (QED) is 0.792. The van der Waals surface area contributed by atoms with Crippen molar-refractivity contribution in [1.82, 2.24) is 0 Å². The number of benzene rings is 2. The first-order valence-corrected chi connectivity index (χ1v) is 7.26. The number of aryl methyl sites for hydroxylation is 1. The molecule has 2 aromatic rings. The molecular formula is C18H20O5. The van der Waals surface area contributed by atoms with E-state index in [1.165, 1.54) is 24.8 Å². The van der Waals surface area contributed by atoms with Gasteiger partial charge in [-0.3, -0.25) is 0 Å². The predicted octanol–water partition coefficient (Wildman–Crippen LogP) is 3.47. The number of carboxylic acids is 1. The van der Waals surface area contributed by atoms with E-state index in [1.807, 2.05) is 32.0 Å². The minimum absolute atomic E-state index is 0.154. The zero-order valence-electron chi connectivity index (χ0n) is 13.5. The van der Waals surface area contributed by atoms with Crippen LogP contribution < -0.4 is 14.2 Å². The number of hydrogen-bond donors (Lipinski definition) is 1.